The van der Waals surface area contributed by atoms with Crippen LogP contribution >= 0.6 is 0 Å². The van der Waals surface area contributed by atoms with E-state index in [1.54, 1.807) is 5.56 Å². The molecular formula is C14H21N. The van der Waals surface area contributed by atoms with Crippen LogP contribution in [0.5, 0.6) is 0 Å². The van der Waals surface area contributed by atoms with Crippen molar-refractivity contribution in [3.05, 3.63) is 35.4 Å². The number of hydrogen-bond acceptors (Lipinski definition) is 1. The van der Waals surface area contributed by atoms with E-state index in [0.717, 1.165) is 0 Å². The van der Waals surface area contributed by atoms with Crippen LogP contribution in [-0.4, -0.2) is 25.0 Å². The first-order valence-corrected chi connectivity index (χ1v) is 5.78. The van der Waals surface area contributed by atoms with E-state index in [9.17, 15) is 0 Å². The Morgan fingerprint density at radius 3 is 2.53 bits per heavy atom. The molecule has 0 spiro atoms. The zero-order valence-corrected chi connectivity index (χ0v) is 10.2. The average Bonchev–Trinajstić information content (AvgIpc) is 2.17. The maximum atomic E-state index is 2.37. The van der Waals surface area contributed by atoms with E-state index in [2.05, 4.69) is 57.1 Å². The van der Waals surface area contributed by atoms with E-state index < -0.39 is 0 Å². The quantitative estimate of drug-likeness (QED) is 0.678. The third-order valence-electron chi connectivity index (χ3n) is 3.86. The van der Waals surface area contributed by atoms with Crippen molar-refractivity contribution in [2.75, 3.05) is 14.1 Å². The van der Waals surface area contributed by atoms with Gasteiger partial charge in [-0.05, 0) is 38.1 Å². The Kier molecular flexibility index (Phi) is 2.59. The van der Waals surface area contributed by atoms with Crippen molar-refractivity contribution in [2.24, 2.45) is 0 Å². The maximum Gasteiger partial charge on any atom is 0.0184 e. The highest BCUT2D eigenvalue weighted by Gasteiger charge is 2.37. The Morgan fingerprint density at radius 2 is 1.87 bits per heavy atom. The van der Waals surface area contributed by atoms with Crippen molar-refractivity contribution in [1.29, 1.82) is 0 Å². The summed E-state index contributed by atoms with van der Waals surface area (Å²) in [5, 5.41) is 0. The van der Waals surface area contributed by atoms with Crippen LogP contribution in [0, 0.1) is 0 Å². The molecule has 0 aromatic heterocycles. The number of benzene rings is 1. The second-order valence-electron chi connectivity index (χ2n) is 5.40. The lowest BCUT2D eigenvalue weighted by Gasteiger charge is -2.44. The van der Waals surface area contributed by atoms with Crippen LogP contribution in [0.2, 0.25) is 0 Å². The van der Waals surface area contributed by atoms with Gasteiger partial charge in [0, 0.05) is 11.5 Å². The monoisotopic (exact) mass is 203 g/mol. The van der Waals surface area contributed by atoms with Crippen molar-refractivity contribution in [1.82, 2.24) is 4.90 Å². The summed E-state index contributed by atoms with van der Waals surface area (Å²) in [7, 11) is 4.39. The molecule has 0 amide bonds. The normalized spacial score (nSPS) is 23.9. The largest absolute Gasteiger partial charge is 0.306 e. The van der Waals surface area contributed by atoms with Gasteiger partial charge in [-0.25, -0.2) is 0 Å². The summed E-state index contributed by atoms with van der Waals surface area (Å²) in [5.41, 5.74) is 3.36. The van der Waals surface area contributed by atoms with E-state index in [4.69, 9.17) is 0 Å². The first kappa shape index (κ1) is 10.7. The summed E-state index contributed by atoms with van der Waals surface area (Å²) < 4.78 is 0. The van der Waals surface area contributed by atoms with Gasteiger partial charge in [-0.15, -0.1) is 0 Å². The number of aryl methyl sites for hydroxylation is 1. The predicted octanol–water partition coefficient (Wildman–Crippen LogP) is 2.84. The maximum absolute atomic E-state index is 2.37. The van der Waals surface area contributed by atoms with Crippen LogP contribution in [0.25, 0.3) is 0 Å². The standard InChI is InChI=1S/C14H21N/c1-14(2)12-8-6-5-7-11(12)9-10-13(14)15(3)4/h5-8,13H,9-10H2,1-4H3. The molecule has 0 N–H and O–H groups in total. The highest BCUT2D eigenvalue weighted by Crippen LogP contribution is 2.38. The summed E-state index contributed by atoms with van der Waals surface area (Å²) in [4.78, 5) is 2.37. The number of fused-ring (bicyclic) bond motifs is 1. The molecular weight excluding hydrogens is 182 g/mol. The second-order valence-corrected chi connectivity index (χ2v) is 5.40. The van der Waals surface area contributed by atoms with Gasteiger partial charge in [0.05, 0.1) is 0 Å². The number of rotatable bonds is 1. The first-order chi connectivity index (χ1) is 7.03. The molecule has 1 unspecified atom stereocenters. The molecule has 1 aromatic rings. The summed E-state index contributed by atoms with van der Waals surface area (Å²) in [6.45, 7) is 4.74. The molecule has 82 valence electrons. The van der Waals surface area contributed by atoms with E-state index >= 15 is 0 Å². The van der Waals surface area contributed by atoms with Gasteiger partial charge in [-0.1, -0.05) is 38.1 Å². The molecule has 0 aliphatic heterocycles. The molecule has 15 heavy (non-hydrogen) atoms. The van der Waals surface area contributed by atoms with Gasteiger partial charge in [0.15, 0.2) is 0 Å². The van der Waals surface area contributed by atoms with Crippen LogP contribution < -0.4 is 0 Å². The summed E-state index contributed by atoms with van der Waals surface area (Å²) in [5.74, 6) is 0. The topological polar surface area (TPSA) is 3.24 Å². The Labute approximate surface area is 93.1 Å². The third-order valence-corrected chi connectivity index (χ3v) is 3.86. The van der Waals surface area contributed by atoms with E-state index in [-0.39, 0.29) is 5.41 Å². The van der Waals surface area contributed by atoms with Crippen molar-refractivity contribution >= 4 is 0 Å². The Bertz CT molecular complexity index is 352. The fraction of sp³-hybridized carbons (Fsp3) is 0.571. The second kappa shape index (κ2) is 3.64. The van der Waals surface area contributed by atoms with Crippen LogP contribution in [-0.2, 0) is 11.8 Å². The highest BCUT2D eigenvalue weighted by molar-refractivity contribution is 5.37. The first-order valence-electron chi connectivity index (χ1n) is 5.78. The van der Waals surface area contributed by atoms with Crippen LogP contribution in [0.3, 0.4) is 0 Å². The van der Waals surface area contributed by atoms with Crippen LogP contribution in [0.15, 0.2) is 24.3 Å². The lowest BCUT2D eigenvalue weighted by atomic mass is 9.69. The summed E-state index contributed by atoms with van der Waals surface area (Å²) in [6, 6.07) is 9.56. The molecule has 1 aliphatic carbocycles. The third kappa shape index (κ3) is 1.69. The molecule has 0 bridgehead atoms. The lowest BCUT2D eigenvalue weighted by Crippen LogP contribution is -2.47. The zero-order chi connectivity index (χ0) is 11.1. The summed E-state index contributed by atoms with van der Waals surface area (Å²) in [6.07, 6.45) is 2.50. The van der Waals surface area contributed by atoms with Crippen LogP contribution in [0.4, 0.5) is 0 Å². The lowest BCUT2D eigenvalue weighted by molar-refractivity contribution is 0.176. The van der Waals surface area contributed by atoms with Gasteiger partial charge < -0.3 is 4.90 Å². The zero-order valence-electron chi connectivity index (χ0n) is 10.2. The number of nitrogens with zero attached hydrogens (tertiary/aromatic N) is 1. The van der Waals surface area contributed by atoms with Crippen molar-refractivity contribution in [3.8, 4) is 0 Å². The molecule has 1 aromatic carbocycles. The number of hydrogen-bond donors (Lipinski definition) is 0. The fourth-order valence-electron chi connectivity index (χ4n) is 3.10. The van der Waals surface area contributed by atoms with E-state index in [0.29, 0.717) is 6.04 Å². The Balaban J connectivity index is 2.44. The minimum absolute atomic E-state index is 0.276. The average molecular weight is 203 g/mol. The molecule has 0 heterocycles. The SMILES string of the molecule is CN(C)C1CCc2ccccc2C1(C)C. The van der Waals surface area contributed by atoms with Gasteiger partial charge in [0.1, 0.15) is 0 Å². The number of likely N-dealkylation sites (N-methyl/N-ethyl adjacent to an activating group) is 1. The van der Waals surface area contributed by atoms with E-state index in [1.165, 1.54) is 18.4 Å². The molecule has 1 aliphatic rings. The van der Waals surface area contributed by atoms with Gasteiger partial charge in [0.2, 0.25) is 0 Å². The smallest absolute Gasteiger partial charge is 0.0184 e. The van der Waals surface area contributed by atoms with Gasteiger partial charge in [-0.2, -0.15) is 0 Å². The Hall–Kier alpha value is -0.820. The van der Waals surface area contributed by atoms with Crippen LogP contribution in [0.1, 0.15) is 31.4 Å². The summed E-state index contributed by atoms with van der Waals surface area (Å²) >= 11 is 0. The van der Waals surface area contributed by atoms with Crippen molar-refractivity contribution < 1.29 is 0 Å². The minimum atomic E-state index is 0.276. The van der Waals surface area contributed by atoms with Gasteiger partial charge in [0.25, 0.3) is 0 Å². The molecule has 0 saturated carbocycles. The predicted molar refractivity (Wildman–Crippen MR) is 65.3 cm³/mol. The van der Waals surface area contributed by atoms with Crippen molar-refractivity contribution in [2.45, 2.75) is 38.1 Å². The van der Waals surface area contributed by atoms with E-state index in [1.807, 2.05) is 0 Å². The van der Waals surface area contributed by atoms with Crippen molar-refractivity contribution in [3.63, 3.8) is 0 Å². The molecule has 1 atom stereocenters. The highest BCUT2D eigenvalue weighted by atomic mass is 15.1. The Morgan fingerprint density at radius 1 is 1.20 bits per heavy atom. The van der Waals surface area contributed by atoms with Gasteiger partial charge in [-0.3, -0.25) is 0 Å². The molecule has 2 rings (SSSR count). The molecule has 0 fully saturated rings. The molecule has 1 heteroatoms. The van der Waals surface area contributed by atoms with Gasteiger partial charge >= 0.3 is 0 Å². The molecule has 0 radical (unpaired) electrons. The molecule has 1 nitrogen and oxygen atoms in total. The fourth-order valence-corrected chi connectivity index (χ4v) is 3.10. The minimum Gasteiger partial charge on any atom is -0.306 e. The molecule has 0 saturated heterocycles.